The maximum absolute atomic E-state index is 12.2. The fraction of sp³-hybridized carbons (Fsp3) is 0.125. The van der Waals surface area contributed by atoms with Gasteiger partial charge in [0, 0.05) is 5.39 Å². The molecule has 1 atom stereocenters. The van der Waals surface area contributed by atoms with Gasteiger partial charge < -0.3 is 4.74 Å². The summed E-state index contributed by atoms with van der Waals surface area (Å²) in [7, 11) is 0. The van der Waals surface area contributed by atoms with Crippen LogP contribution in [0.2, 0.25) is 0 Å². The summed E-state index contributed by atoms with van der Waals surface area (Å²) in [5, 5.41) is 7.65. The Morgan fingerprint density at radius 2 is 1.80 bits per heavy atom. The Balaban J connectivity index is 1.83. The number of aromatic nitrogens is 2. The van der Waals surface area contributed by atoms with Crippen LogP contribution >= 0.6 is 0 Å². The zero-order chi connectivity index (χ0) is 13.9. The van der Waals surface area contributed by atoms with Gasteiger partial charge >= 0.3 is 5.97 Å². The number of ether oxygens (including phenoxy) is 1. The predicted molar refractivity (Wildman–Crippen MR) is 76.4 cm³/mol. The number of carbonyl (C=O) groups excluding carboxylic acids is 1. The molecule has 20 heavy (non-hydrogen) atoms. The first-order chi connectivity index (χ1) is 9.75. The number of aromatic amines is 1. The SMILES string of the molecule is C[C@@H](OC(=O)c1n[nH]c2ccccc12)c1ccccc1. The third-order valence-electron chi connectivity index (χ3n) is 3.22. The topological polar surface area (TPSA) is 55.0 Å². The summed E-state index contributed by atoms with van der Waals surface area (Å²) in [6, 6.07) is 17.1. The molecule has 0 radical (unpaired) electrons. The number of H-pyrrole nitrogens is 1. The van der Waals surface area contributed by atoms with Crippen LogP contribution in [0.3, 0.4) is 0 Å². The zero-order valence-corrected chi connectivity index (χ0v) is 11.0. The van der Waals surface area contributed by atoms with Gasteiger partial charge in [-0.05, 0) is 18.6 Å². The number of nitrogens with zero attached hydrogens (tertiary/aromatic N) is 1. The molecule has 4 nitrogen and oxygen atoms in total. The first-order valence-corrected chi connectivity index (χ1v) is 6.45. The van der Waals surface area contributed by atoms with Gasteiger partial charge in [-0.1, -0.05) is 48.5 Å². The first kappa shape index (κ1) is 12.4. The lowest BCUT2D eigenvalue weighted by Gasteiger charge is -2.12. The normalized spacial score (nSPS) is 12.2. The Hall–Kier alpha value is -2.62. The van der Waals surface area contributed by atoms with E-state index in [9.17, 15) is 4.79 Å². The molecule has 0 bridgehead atoms. The standard InChI is InChI=1S/C16H14N2O2/c1-11(12-7-3-2-4-8-12)20-16(19)15-13-9-5-6-10-14(13)17-18-15/h2-11H,1H3,(H,17,18)/t11-/m1/s1. The highest BCUT2D eigenvalue weighted by Crippen LogP contribution is 2.21. The van der Waals surface area contributed by atoms with E-state index < -0.39 is 5.97 Å². The molecule has 0 saturated carbocycles. The van der Waals surface area contributed by atoms with Crippen molar-refractivity contribution in [2.45, 2.75) is 13.0 Å². The van der Waals surface area contributed by atoms with Crippen molar-refractivity contribution in [1.82, 2.24) is 10.2 Å². The highest BCUT2D eigenvalue weighted by atomic mass is 16.5. The number of hydrogen-bond donors (Lipinski definition) is 1. The molecule has 3 aromatic rings. The molecular formula is C16H14N2O2. The highest BCUT2D eigenvalue weighted by Gasteiger charge is 2.18. The van der Waals surface area contributed by atoms with Gasteiger partial charge in [0.1, 0.15) is 6.10 Å². The van der Waals surface area contributed by atoms with E-state index in [-0.39, 0.29) is 6.10 Å². The van der Waals surface area contributed by atoms with Crippen molar-refractivity contribution in [3.05, 3.63) is 65.9 Å². The Kier molecular flexibility index (Phi) is 3.21. The van der Waals surface area contributed by atoms with Crippen molar-refractivity contribution < 1.29 is 9.53 Å². The third kappa shape index (κ3) is 2.28. The van der Waals surface area contributed by atoms with Gasteiger partial charge in [0.15, 0.2) is 5.69 Å². The number of para-hydroxylation sites is 1. The van der Waals surface area contributed by atoms with E-state index in [0.717, 1.165) is 16.5 Å². The van der Waals surface area contributed by atoms with Gasteiger partial charge in [-0.3, -0.25) is 5.10 Å². The maximum Gasteiger partial charge on any atom is 0.360 e. The number of benzene rings is 2. The van der Waals surface area contributed by atoms with Crippen LogP contribution in [0.25, 0.3) is 10.9 Å². The zero-order valence-electron chi connectivity index (χ0n) is 11.0. The Bertz CT molecular complexity index is 734. The molecule has 0 spiro atoms. The fourth-order valence-corrected chi connectivity index (χ4v) is 2.13. The highest BCUT2D eigenvalue weighted by molar-refractivity contribution is 6.01. The summed E-state index contributed by atoms with van der Waals surface area (Å²) >= 11 is 0. The van der Waals surface area contributed by atoms with Crippen LogP contribution < -0.4 is 0 Å². The third-order valence-corrected chi connectivity index (χ3v) is 3.22. The van der Waals surface area contributed by atoms with Crippen molar-refractivity contribution in [2.24, 2.45) is 0 Å². The summed E-state index contributed by atoms with van der Waals surface area (Å²) in [5.41, 5.74) is 2.11. The molecule has 0 fully saturated rings. The molecule has 0 amide bonds. The van der Waals surface area contributed by atoms with Crippen molar-refractivity contribution in [3.63, 3.8) is 0 Å². The fourth-order valence-electron chi connectivity index (χ4n) is 2.13. The molecule has 0 aliphatic rings. The summed E-state index contributed by atoms with van der Waals surface area (Å²) in [4.78, 5) is 12.2. The van der Waals surface area contributed by atoms with E-state index in [2.05, 4.69) is 10.2 Å². The molecule has 2 aromatic carbocycles. The van der Waals surface area contributed by atoms with Crippen molar-refractivity contribution >= 4 is 16.9 Å². The van der Waals surface area contributed by atoms with Gasteiger partial charge in [0.25, 0.3) is 0 Å². The minimum atomic E-state index is -0.418. The number of nitrogens with one attached hydrogen (secondary N) is 1. The Morgan fingerprint density at radius 3 is 2.60 bits per heavy atom. The molecule has 0 saturated heterocycles. The van der Waals surface area contributed by atoms with E-state index in [1.807, 2.05) is 61.5 Å². The number of rotatable bonds is 3. The van der Waals surface area contributed by atoms with Crippen LogP contribution in [0.5, 0.6) is 0 Å². The minimum Gasteiger partial charge on any atom is -0.453 e. The number of carbonyl (C=O) groups is 1. The average Bonchev–Trinajstić information content (AvgIpc) is 2.92. The van der Waals surface area contributed by atoms with Gasteiger partial charge in [0.2, 0.25) is 0 Å². The Morgan fingerprint density at radius 1 is 1.10 bits per heavy atom. The molecule has 0 aliphatic heterocycles. The van der Waals surface area contributed by atoms with Crippen LogP contribution in [0.15, 0.2) is 54.6 Å². The summed E-state index contributed by atoms with van der Waals surface area (Å²) in [6.07, 6.45) is -0.306. The molecule has 0 aliphatic carbocycles. The number of fused-ring (bicyclic) bond motifs is 1. The van der Waals surface area contributed by atoms with E-state index >= 15 is 0 Å². The second-order valence-corrected chi connectivity index (χ2v) is 4.58. The molecule has 100 valence electrons. The number of esters is 1. The lowest BCUT2D eigenvalue weighted by Crippen LogP contribution is -2.10. The second kappa shape index (κ2) is 5.17. The summed E-state index contributed by atoms with van der Waals surface area (Å²) in [6.45, 7) is 1.85. The van der Waals surface area contributed by atoms with Crippen LogP contribution in [-0.2, 0) is 4.74 Å². The van der Waals surface area contributed by atoms with Crippen LogP contribution in [-0.4, -0.2) is 16.2 Å². The van der Waals surface area contributed by atoms with Gasteiger partial charge in [-0.15, -0.1) is 0 Å². The largest absolute Gasteiger partial charge is 0.453 e. The van der Waals surface area contributed by atoms with Gasteiger partial charge in [-0.25, -0.2) is 4.79 Å². The quantitative estimate of drug-likeness (QED) is 0.738. The van der Waals surface area contributed by atoms with Crippen LogP contribution in [0.1, 0.15) is 29.1 Å². The molecule has 4 heteroatoms. The molecule has 1 aromatic heterocycles. The lowest BCUT2D eigenvalue weighted by molar-refractivity contribution is 0.0333. The van der Waals surface area contributed by atoms with Gasteiger partial charge in [-0.2, -0.15) is 5.10 Å². The Labute approximate surface area is 116 Å². The summed E-state index contributed by atoms with van der Waals surface area (Å²) < 4.78 is 5.47. The van der Waals surface area contributed by atoms with Crippen molar-refractivity contribution in [1.29, 1.82) is 0 Å². The molecular weight excluding hydrogens is 252 g/mol. The maximum atomic E-state index is 12.2. The van der Waals surface area contributed by atoms with Gasteiger partial charge in [0.05, 0.1) is 5.52 Å². The second-order valence-electron chi connectivity index (χ2n) is 4.58. The molecule has 1 N–H and O–H groups in total. The smallest absolute Gasteiger partial charge is 0.360 e. The van der Waals surface area contributed by atoms with E-state index in [0.29, 0.717) is 5.69 Å². The predicted octanol–water partition coefficient (Wildman–Crippen LogP) is 3.48. The minimum absolute atomic E-state index is 0.306. The lowest BCUT2D eigenvalue weighted by atomic mass is 10.1. The van der Waals surface area contributed by atoms with E-state index in [1.54, 1.807) is 0 Å². The molecule has 3 rings (SSSR count). The average molecular weight is 266 g/mol. The molecule has 0 unspecified atom stereocenters. The van der Waals surface area contributed by atoms with Crippen LogP contribution in [0, 0.1) is 0 Å². The van der Waals surface area contributed by atoms with Crippen molar-refractivity contribution in [3.8, 4) is 0 Å². The van der Waals surface area contributed by atoms with Crippen LogP contribution in [0.4, 0.5) is 0 Å². The monoisotopic (exact) mass is 266 g/mol. The number of hydrogen-bond acceptors (Lipinski definition) is 3. The summed E-state index contributed by atoms with van der Waals surface area (Å²) in [5.74, 6) is -0.418. The van der Waals surface area contributed by atoms with Crippen molar-refractivity contribution in [2.75, 3.05) is 0 Å². The molecule has 1 heterocycles. The first-order valence-electron chi connectivity index (χ1n) is 6.45. The van der Waals surface area contributed by atoms with E-state index in [1.165, 1.54) is 0 Å². The van der Waals surface area contributed by atoms with E-state index in [4.69, 9.17) is 4.74 Å².